The van der Waals surface area contributed by atoms with Gasteiger partial charge >= 0.3 is 5.97 Å². The number of carbonyl (C=O) groups excluding carboxylic acids is 1. The van der Waals surface area contributed by atoms with Crippen molar-refractivity contribution in [2.75, 3.05) is 6.79 Å². The summed E-state index contributed by atoms with van der Waals surface area (Å²) in [6.07, 6.45) is 1.71. The van der Waals surface area contributed by atoms with Crippen LogP contribution in [0.5, 0.6) is 17.2 Å². The van der Waals surface area contributed by atoms with Crippen molar-refractivity contribution in [2.45, 2.75) is 0 Å². The third-order valence-electron chi connectivity index (χ3n) is 4.37. The Bertz CT molecular complexity index is 1180. The minimum absolute atomic E-state index is 0.206. The molecule has 0 atom stereocenters. The van der Waals surface area contributed by atoms with Gasteiger partial charge in [-0.3, -0.25) is 5.10 Å². The van der Waals surface area contributed by atoms with Gasteiger partial charge in [0.25, 0.3) is 0 Å². The summed E-state index contributed by atoms with van der Waals surface area (Å²) in [4.78, 5) is 16.7. The second-order valence-electron chi connectivity index (χ2n) is 6.13. The number of nitrogens with zero attached hydrogens (tertiary/aromatic N) is 3. The number of fused-ring (bicyclic) bond motifs is 2. The number of aromatic nitrogens is 4. The van der Waals surface area contributed by atoms with E-state index in [0.29, 0.717) is 22.9 Å². The number of esters is 1. The van der Waals surface area contributed by atoms with Crippen LogP contribution in [0.3, 0.4) is 0 Å². The lowest BCUT2D eigenvalue weighted by Crippen LogP contribution is -2.08. The molecule has 0 saturated heterocycles. The third kappa shape index (κ3) is 2.67. The maximum atomic E-state index is 12.4. The number of nitrogens with one attached hydrogen (secondary N) is 1. The van der Waals surface area contributed by atoms with Crippen molar-refractivity contribution in [3.8, 4) is 28.5 Å². The zero-order chi connectivity index (χ0) is 18.4. The van der Waals surface area contributed by atoms with Gasteiger partial charge in [0.2, 0.25) is 6.79 Å². The number of ether oxygens (including phenoxy) is 3. The van der Waals surface area contributed by atoms with Crippen molar-refractivity contribution < 1.29 is 19.0 Å². The molecule has 1 N–H and O–H groups in total. The number of H-pyrrole nitrogens is 1. The zero-order valence-corrected chi connectivity index (χ0v) is 14.3. The van der Waals surface area contributed by atoms with E-state index in [2.05, 4.69) is 15.2 Å². The molecule has 2 aromatic heterocycles. The van der Waals surface area contributed by atoms with Gasteiger partial charge in [0, 0.05) is 18.7 Å². The van der Waals surface area contributed by atoms with Gasteiger partial charge in [-0.05, 0) is 36.4 Å². The molecule has 8 nitrogen and oxygen atoms in total. The molecule has 27 heavy (non-hydrogen) atoms. The highest BCUT2D eigenvalue weighted by Gasteiger charge is 2.17. The summed E-state index contributed by atoms with van der Waals surface area (Å²) < 4.78 is 18.0. The summed E-state index contributed by atoms with van der Waals surface area (Å²) in [6.45, 7) is 0.206. The lowest BCUT2D eigenvalue weighted by atomic mass is 10.1. The second-order valence-corrected chi connectivity index (χ2v) is 6.13. The normalized spacial score (nSPS) is 12.5. The van der Waals surface area contributed by atoms with Crippen LogP contribution >= 0.6 is 0 Å². The fraction of sp³-hybridized carbons (Fsp3) is 0.105. The highest BCUT2D eigenvalue weighted by Crippen LogP contribution is 2.35. The van der Waals surface area contributed by atoms with Crippen LogP contribution in [0.15, 0.2) is 48.8 Å². The number of hydrogen-bond acceptors (Lipinski definition) is 6. The van der Waals surface area contributed by atoms with Crippen LogP contribution in [0.1, 0.15) is 10.5 Å². The van der Waals surface area contributed by atoms with Gasteiger partial charge in [0.1, 0.15) is 11.4 Å². The average Bonchev–Trinajstić information content (AvgIpc) is 3.41. The topological polar surface area (TPSA) is 91.3 Å². The molecule has 1 aliphatic heterocycles. The molecule has 4 aromatic rings. The van der Waals surface area contributed by atoms with Crippen molar-refractivity contribution in [1.82, 2.24) is 19.7 Å². The molecule has 0 bridgehead atoms. The molecule has 8 heteroatoms. The summed E-state index contributed by atoms with van der Waals surface area (Å²) in [5, 5.41) is 6.91. The maximum absolute atomic E-state index is 12.4. The minimum Gasteiger partial charge on any atom is -0.454 e. The molecule has 0 fully saturated rings. The van der Waals surface area contributed by atoms with E-state index in [1.165, 1.54) is 0 Å². The van der Waals surface area contributed by atoms with Gasteiger partial charge in [0.05, 0.1) is 23.1 Å². The fourth-order valence-electron chi connectivity index (χ4n) is 2.97. The van der Waals surface area contributed by atoms with Crippen LogP contribution in [0.2, 0.25) is 0 Å². The van der Waals surface area contributed by atoms with E-state index < -0.39 is 5.97 Å². The summed E-state index contributed by atoms with van der Waals surface area (Å²) in [6, 6.07) is 12.4. The highest BCUT2D eigenvalue weighted by molar-refractivity contribution is 5.91. The summed E-state index contributed by atoms with van der Waals surface area (Å²) in [7, 11) is 1.91. The number of imidazole rings is 1. The molecule has 3 heterocycles. The van der Waals surface area contributed by atoms with Crippen LogP contribution in [0.4, 0.5) is 0 Å². The van der Waals surface area contributed by atoms with Gasteiger partial charge in [-0.1, -0.05) is 0 Å². The first-order valence-corrected chi connectivity index (χ1v) is 8.26. The van der Waals surface area contributed by atoms with Crippen LogP contribution in [0, 0.1) is 0 Å². The first-order chi connectivity index (χ1) is 13.2. The van der Waals surface area contributed by atoms with Crippen molar-refractivity contribution in [3.05, 3.63) is 54.5 Å². The molecule has 2 aromatic carbocycles. The lowest BCUT2D eigenvalue weighted by Gasteiger charge is -2.02. The molecule has 0 amide bonds. The molecule has 134 valence electrons. The first-order valence-electron chi connectivity index (χ1n) is 8.26. The Hall–Kier alpha value is -3.81. The molecule has 0 radical (unpaired) electrons. The fourth-order valence-corrected chi connectivity index (χ4v) is 2.97. The number of hydrogen-bond donors (Lipinski definition) is 1. The van der Waals surface area contributed by atoms with Crippen LogP contribution < -0.4 is 14.2 Å². The van der Waals surface area contributed by atoms with Crippen LogP contribution in [-0.4, -0.2) is 32.5 Å². The lowest BCUT2D eigenvalue weighted by molar-refractivity contribution is 0.0729. The molecule has 5 rings (SSSR count). The van der Waals surface area contributed by atoms with Crippen molar-refractivity contribution in [2.24, 2.45) is 7.05 Å². The van der Waals surface area contributed by atoms with Gasteiger partial charge in [-0.15, -0.1) is 0 Å². The zero-order valence-electron chi connectivity index (χ0n) is 14.3. The molecular weight excluding hydrogens is 348 g/mol. The molecular formula is C19H14N4O4. The summed E-state index contributed by atoms with van der Waals surface area (Å²) in [5.41, 5.74) is 3.39. The summed E-state index contributed by atoms with van der Waals surface area (Å²) in [5.74, 6) is 1.25. The average molecular weight is 362 g/mol. The van der Waals surface area contributed by atoms with E-state index >= 15 is 0 Å². The van der Waals surface area contributed by atoms with Crippen molar-refractivity contribution in [1.29, 1.82) is 0 Å². The summed E-state index contributed by atoms with van der Waals surface area (Å²) >= 11 is 0. The number of benzene rings is 2. The van der Waals surface area contributed by atoms with E-state index in [1.54, 1.807) is 24.5 Å². The maximum Gasteiger partial charge on any atom is 0.361 e. The Balaban J connectivity index is 1.37. The third-order valence-corrected chi connectivity index (χ3v) is 4.37. The van der Waals surface area contributed by atoms with E-state index in [4.69, 9.17) is 14.2 Å². The molecule has 0 saturated carbocycles. The Morgan fingerprint density at radius 1 is 1.15 bits per heavy atom. The van der Waals surface area contributed by atoms with Crippen LogP contribution in [-0.2, 0) is 7.05 Å². The van der Waals surface area contributed by atoms with E-state index in [1.807, 2.05) is 35.9 Å². The van der Waals surface area contributed by atoms with E-state index in [0.717, 1.165) is 16.6 Å². The molecule has 0 unspecified atom stereocenters. The quantitative estimate of drug-likeness (QED) is 0.445. The van der Waals surface area contributed by atoms with Gasteiger partial charge in [-0.25, -0.2) is 9.78 Å². The monoisotopic (exact) mass is 362 g/mol. The number of carbonyl (C=O) groups is 1. The van der Waals surface area contributed by atoms with Gasteiger partial charge < -0.3 is 18.8 Å². The largest absolute Gasteiger partial charge is 0.454 e. The minimum atomic E-state index is -0.523. The highest BCUT2D eigenvalue weighted by atomic mass is 16.7. The second kappa shape index (κ2) is 5.87. The number of rotatable bonds is 3. The number of aromatic amines is 1. The first kappa shape index (κ1) is 15.4. The Morgan fingerprint density at radius 3 is 2.96 bits per heavy atom. The Labute approximate surface area is 153 Å². The Morgan fingerprint density at radius 2 is 2.04 bits per heavy atom. The van der Waals surface area contributed by atoms with Crippen molar-refractivity contribution in [3.63, 3.8) is 0 Å². The SMILES string of the molecule is Cn1cnc2cc(OC(=O)c3cc(-c4ccc5c(c4)OCO5)n[nH]3)ccc21. The standard InChI is InChI=1S/C19H14N4O4/c1-23-9-20-14-7-12(3-4-16(14)23)27-19(24)15-8-13(21-22-15)11-2-5-17-18(6-11)26-10-25-17/h2-9H,10H2,1H3,(H,21,22). The van der Waals surface area contributed by atoms with E-state index in [-0.39, 0.29) is 12.5 Å². The molecule has 0 spiro atoms. The van der Waals surface area contributed by atoms with Gasteiger partial charge in [0.15, 0.2) is 11.5 Å². The van der Waals surface area contributed by atoms with Crippen molar-refractivity contribution >= 4 is 17.0 Å². The Kier molecular flexibility index (Phi) is 3.36. The number of aryl methyl sites for hydroxylation is 1. The predicted octanol–water partition coefficient (Wildman–Crippen LogP) is 2.91. The van der Waals surface area contributed by atoms with E-state index in [9.17, 15) is 4.79 Å². The predicted molar refractivity (Wildman–Crippen MR) is 95.8 cm³/mol. The van der Waals surface area contributed by atoms with Crippen LogP contribution in [0.25, 0.3) is 22.3 Å². The molecule has 0 aliphatic carbocycles. The van der Waals surface area contributed by atoms with Gasteiger partial charge in [-0.2, -0.15) is 5.10 Å². The molecule has 1 aliphatic rings. The smallest absolute Gasteiger partial charge is 0.361 e.